The Balaban J connectivity index is 1.62. The summed E-state index contributed by atoms with van der Waals surface area (Å²) in [6.45, 7) is 1.91. The van der Waals surface area contributed by atoms with E-state index in [2.05, 4.69) is 6.92 Å². The van der Waals surface area contributed by atoms with Crippen molar-refractivity contribution >= 4 is 29.0 Å². The molecular formula is C22H25NO4S. The summed E-state index contributed by atoms with van der Waals surface area (Å²) in [7, 11) is 1.77. The second-order valence-corrected chi connectivity index (χ2v) is 8.29. The Labute approximate surface area is 169 Å². The van der Waals surface area contributed by atoms with Gasteiger partial charge in [0.05, 0.1) is 10.4 Å². The van der Waals surface area contributed by atoms with Crippen molar-refractivity contribution in [1.29, 1.82) is 0 Å². The van der Waals surface area contributed by atoms with Crippen LogP contribution in [0.3, 0.4) is 0 Å². The van der Waals surface area contributed by atoms with Gasteiger partial charge in [0.15, 0.2) is 6.61 Å². The maximum Gasteiger partial charge on any atom is 0.339 e. The van der Waals surface area contributed by atoms with E-state index >= 15 is 0 Å². The fourth-order valence-corrected chi connectivity index (χ4v) is 4.22. The van der Waals surface area contributed by atoms with Crippen molar-refractivity contribution in [3.8, 4) is 0 Å². The maximum absolute atomic E-state index is 12.6. The molecule has 1 saturated carbocycles. The Morgan fingerprint density at radius 3 is 2.36 bits per heavy atom. The number of thiophene rings is 1. The largest absolute Gasteiger partial charge is 0.452 e. The Hall–Kier alpha value is -2.47. The second-order valence-electron chi connectivity index (χ2n) is 7.35. The highest BCUT2D eigenvalue weighted by Crippen LogP contribution is 2.26. The molecule has 1 aliphatic rings. The molecular weight excluding hydrogens is 374 g/mol. The highest BCUT2D eigenvalue weighted by Gasteiger charge is 2.26. The fraction of sp³-hybridized carbons (Fsp3) is 0.409. The van der Waals surface area contributed by atoms with E-state index in [1.807, 2.05) is 5.38 Å². The number of carbonyl (C=O) groups excluding carboxylic acids is 3. The number of benzene rings is 1. The van der Waals surface area contributed by atoms with Crippen LogP contribution in [0, 0.1) is 5.92 Å². The van der Waals surface area contributed by atoms with Gasteiger partial charge in [0.25, 0.3) is 5.91 Å². The number of likely N-dealkylation sites (N-methyl/N-ethyl adjacent to an activating group) is 1. The number of hydrogen-bond donors (Lipinski definition) is 0. The number of carbonyl (C=O) groups is 3. The summed E-state index contributed by atoms with van der Waals surface area (Å²) in [6.07, 6.45) is 4.19. The number of ether oxygens (including phenoxy) is 1. The van der Waals surface area contributed by atoms with Crippen molar-refractivity contribution in [1.82, 2.24) is 4.90 Å². The van der Waals surface area contributed by atoms with Crippen LogP contribution in [0.2, 0.25) is 0 Å². The Bertz CT molecular complexity index is 838. The van der Waals surface area contributed by atoms with E-state index < -0.39 is 5.97 Å². The molecule has 0 saturated heterocycles. The third-order valence-electron chi connectivity index (χ3n) is 5.39. The standard InChI is InChI=1S/C22H25NO4S/c1-15-9-11-16(12-10-15)23(2)20(24)14-27-22(26)18-7-4-3-6-17(18)21(25)19-8-5-13-28-19/h3-8,13,15-16H,9-12,14H2,1-2H3. The predicted molar refractivity (Wildman–Crippen MR) is 109 cm³/mol. The van der Waals surface area contributed by atoms with E-state index in [1.165, 1.54) is 11.3 Å². The first kappa shape index (κ1) is 20.3. The Morgan fingerprint density at radius 2 is 1.71 bits per heavy atom. The summed E-state index contributed by atoms with van der Waals surface area (Å²) >= 11 is 1.32. The minimum atomic E-state index is -0.653. The number of amides is 1. The summed E-state index contributed by atoms with van der Waals surface area (Å²) in [5, 5.41) is 1.81. The van der Waals surface area contributed by atoms with Gasteiger partial charge in [0.2, 0.25) is 5.78 Å². The molecule has 3 rings (SSSR count). The molecule has 5 nitrogen and oxygen atoms in total. The molecule has 1 heterocycles. The van der Waals surface area contributed by atoms with Crippen LogP contribution in [0.5, 0.6) is 0 Å². The molecule has 1 fully saturated rings. The first-order chi connectivity index (χ1) is 13.5. The molecule has 0 radical (unpaired) electrons. The molecule has 0 atom stereocenters. The Kier molecular flexibility index (Phi) is 6.62. The molecule has 1 aliphatic carbocycles. The molecule has 1 amide bonds. The van der Waals surface area contributed by atoms with E-state index in [0.29, 0.717) is 10.8 Å². The normalized spacial score (nSPS) is 19.1. The zero-order valence-corrected chi connectivity index (χ0v) is 17.0. The summed E-state index contributed by atoms with van der Waals surface area (Å²) in [6, 6.07) is 10.3. The van der Waals surface area contributed by atoms with Crippen molar-refractivity contribution in [2.45, 2.75) is 38.6 Å². The summed E-state index contributed by atoms with van der Waals surface area (Å²) in [5.41, 5.74) is 0.472. The number of nitrogens with zero attached hydrogens (tertiary/aromatic N) is 1. The topological polar surface area (TPSA) is 63.7 Å². The first-order valence-corrected chi connectivity index (χ1v) is 10.5. The lowest BCUT2D eigenvalue weighted by atomic mass is 9.87. The molecule has 6 heteroatoms. The average molecular weight is 400 g/mol. The van der Waals surface area contributed by atoms with Gasteiger partial charge < -0.3 is 9.64 Å². The molecule has 148 valence electrons. The van der Waals surface area contributed by atoms with Crippen LogP contribution in [0.15, 0.2) is 41.8 Å². The van der Waals surface area contributed by atoms with Gasteiger partial charge in [0, 0.05) is 18.7 Å². The lowest BCUT2D eigenvalue weighted by Gasteiger charge is -2.33. The van der Waals surface area contributed by atoms with Gasteiger partial charge in [-0.05, 0) is 49.1 Å². The molecule has 1 aromatic heterocycles. The van der Waals surface area contributed by atoms with Crippen molar-refractivity contribution in [2.24, 2.45) is 5.92 Å². The minimum Gasteiger partial charge on any atom is -0.452 e. The Morgan fingerprint density at radius 1 is 1.04 bits per heavy atom. The van der Waals surface area contributed by atoms with Gasteiger partial charge in [0.1, 0.15) is 0 Å². The number of hydrogen-bond acceptors (Lipinski definition) is 5. The van der Waals surface area contributed by atoms with Gasteiger partial charge in [-0.2, -0.15) is 0 Å². The summed E-state index contributed by atoms with van der Waals surface area (Å²) in [5.74, 6) is -0.383. The smallest absolute Gasteiger partial charge is 0.339 e. The van der Waals surface area contributed by atoms with Crippen LogP contribution < -0.4 is 0 Å². The van der Waals surface area contributed by atoms with Crippen molar-refractivity contribution < 1.29 is 19.1 Å². The lowest BCUT2D eigenvalue weighted by Crippen LogP contribution is -2.41. The molecule has 0 bridgehead atoms. The van der Waals surface area contributed by atoms with Crippen LogP contribution in [-0.4, -0.2) is 42.3 Å². The van der Waals surface area contributed by atoms with E-state index in [9.17, 15) is 14.4 Å². The lowest BCUT2D eigenvalue weighted by molar-refractivity contribution is -0.136. The van der Waals surface area contributed by atoms with Crippen LogP contribution in [0.4, 0.5) is 0 Å². The molecule has 0 N–H and O–H groups in total. The van der Waals surface area contributed by atoms with Crippen LogP contribution >= 0.6 is 11.3 Å². The molecule has 0 spiro atoms. The third kappa shape index (κ3) is 4.68. The highest BCUT2D eigenvalue weighted by molar-refractivity contribution is 7.12. The predicted octanol–water partition coefficient (Wildman–Crippen LogP) is 4.17. The van der Waals surface area contributed by atoms with E-state index in [-0.39, 0.29) is 35.5 Å². The van der Waals surface area contributed by atoms with Crippen LogP contribution in [-0.2, 0) is 9.53 Å². The van der Waals surface area contributed by atoms with E-state index in [0.717, 1.165) is 25.7 Å². The van der Waals surface area contributed by atoms with Gasteiger partial charge >= 0.3 is 5.97 Å². The highest BCUT2D eigenvalue weighted by atomic mass is 32.1. The van der Waals surface area contributed by atoms with Gasteiger partial charge in [-0.1, -0.05) is 31.2 Å². The van der Waals surface area contributed by atoms with Crippen molar-refractivity contribution in [2.75, 3.05) is 13.7 Å². The van der Waals surface area contributed by atoms with Crippen molar-refractivity contribution in [3.63, 3.8) is 0 Å². The number of rotatable bonds is 6. The zero-order valence-electron chi connectivity index (χ0n) is 16.2. The molecule has 28 heavy (non-hydrogen) atoms. The number of esters is 1. The zero-order chi connectivity index (χ0) is 20.1. The average Bonchev–Trinajstić information content (AvgIpc) is 3.26. The van der Waals surface area contributed by atoms with E-state index in [4.69, 9.17) is 4.74 Å². The van der Waals surface area contributed by atoms with Gasteiger partial charge in [-0.3, -0.25) is 9.59 Å². The minimum absolute atomic E-state index is 0.183. The number of ketones is 1. The van der Waals surface area contributed by atoms with Gasteiger partial charge in [-0.25, -0.2) is 4.79 Å². The third-order valence-corrected chi connectivity index (χ3v) is 6.26. The molecule has 0 aliphatic heterocycles. The molecule has 1 aromatic carbocycles. The monoisotopic (exact) mass is 399 g/mol. The SMILES string of the molecule is CC1CCC(N(C)C(=O)COC(=O)c2ccccc2C(=O)c2cccs2)CC1. The molecule has 2 aromatic rings. The quantitative estimate of drug-likeness (QED) is 0.540. The van der Waals surface area contributed by atoms with Crippen molar-refractivity contribution in [3.05, 3.63) is 57.8 Å². The van der Waals surface area contributed by atoms with Gasteiger partial charge in [-0.15, -0.1) is 11.3 Å². The fourth-order valence-electron chi connectivity index (χ4n) is 3.54. The maximum atomic E-state index is 12.6. The summed E-state index contributed by atoms with van der Waals surface area (Å²) in [4.78, 5) is 39.9. The summed E-state index contributed by atoms with van der Waals surface area (Å²) < 4.78 is 5.25. The first-order valence-electron chi connectivity index (χ1n) is 9.57. The van der Waals surface area contributed by atoms with Crippen LogP contribution in [0.25, 0.3) is 0 Å². The van der Waals surface area contributed by atoms with Crippen LogP contribution in [0.1, 0.15) is 58.2 Å². The second kappa shape index (κ2) is 9.15. The molecule has 0 unspecified atom stereocenters. The van der Waals surface area contributed by atoms with E-state index in [1.54, 1.807) is 48.3 Å².